The second-order valence-corrected chi connectivity index (χ2v) is 3.57. The van der Waals surface area contributed by atoms with E-state index in [0.717, 1.165) is 19.1 Å². The Kier molecular flexibility index (Phi) is 8.14. The summed E-state index contributed by atoms with van der Waals surface area (Å²) in [5, 5.41) is 0. The molecule has 0 fully saturated rings. The van der Waals surface area contributed by atoms with E-state index in [1.54, 1.807) is 0 Å². The maximum atomic E-state index is 9.94. The third kappa shape index (κ3) is 9.20. The fourth-order valence-corrected chi connectivity index (χ4v) is 1.01. The van der Waals surface area contributed by atoms with Crippen LogP contribution < -0.4 is 0 Å². The standard InChI is InChI=1S/C12H20O2/c1-11(2)5-4-6-12(3)7-9-14-10-8-13/h5,7-8H,4,6,9-10H2,1-3H3. The van der Waals surface area contributed by atoms with Gasteiger partial charge in [0.15, 0.2) is 0 Å². The van der Waals surface area contributed by atoms with Crippen molar-refractivity contribution in [3.8, 4) is 0 Å². The first-order chi connectivity index (χ1) is 6.66. The van der Waals surface area contributed by atoms with Crippen molar-refractivity contribution >= 4 is 6.29 Å². The first-order valence-corrected chi connectivity index (χ1v) is 4.97. The van der Waals surface area contributed by atoms with Gasteiger partial charge in [0.25, 0.3) is 0 Å². The largest absolute Gasteiger partial charge is 0.370 e. The number of hydrogen-bond acceptors (Lipinski definition) is 2. The van der Waals surface area contributed by atoms with Gasteiger partial charge < -0.3 is 9.53 Å². The molecule has 0 rings (SSSR count). The molecule has 0 saturated carbocycles. The van der Waals surface area contributed by atoms with E-state index >= 15 is 0 Å². The predicted octanol–water partition coefficient (Wildman–Crippen LogP) is 2.89. The molecular formula is C12H20O2. The average molecular weight is 196 g/mol. The third-order valence-electron chi connectivity index (χ3n) is 1.83. The highest BCUT2D eigenvalue weighted by Crippen LogP contribution is 2.06. The summed E-state index contributed by atoms with van der Waals surface area (Å²) in [5.41, 5.74) is 2.67. The lowest BCUT2D eigenvalue weighted by atomic mass is 10.1. The van der Waals surface area contributed by atoms with E-state index < -0.39 is 0 Å². The molecule has 0 atom stereocenters. The molecule has 0 bridgehead atoms. The van der Waals surface area contributed by atoms with E-state index in [9.17, 15) is 4.79 Å². The van der Waals surface area contributed by atoms with Crippen molar-refractivity contribution in [2.45, 2.75) is 33.6 Å². The van der Waals surface area contributed by atoms with Crippen molar-refractivity contribution in [2.24, 2.45) is 0 Å². The molecule has 0 amide bonds. The Hall–Kier alpha value is -0.890. The van der Waals surface area contributed by atoms with Gasteiger partial charge in [0.2, 0.25) is 0 Å². The van der Waals surface area contributed by atoms with Crippen molar-refractivity contribution in [2.75, 3.05) is 13.2 Å². The minimum Gasteiger partial charge on any atom is -0.370 e. The minimum absolute atomic E-state index is 0.192. The number of carbonyl (C=O) groups excluding carboxylic acids is 1. The quantitative estimate of drug-likeness (QED) is 0.355. The smallest absolute Gasteiger partial charge is 0.145 e. The van der Waals surface area contributed by atoms with E-state index in [1.165, 1.54) is 11.1 Å². The minimum atomic E-state index is 0.192. The van der Waals surface area contributed by atoms with E-state index in [-0.39, 0.29) is 6.61 Å². The maximum absolute atomic E-state index is 9.94. The molecule has 80 valence electrons. The van der Waals surface area contributed by atoms with Crippen molar-refractivity contribution in [1.29, 1.82) is 0 Å². The fourth-order valence-electron chi connectivity index (χ4n) is 1.01. The van der Waals surface area contributed by atoms with Gasteiger partial charge in [0.05, 0.1) is 6.61 Å². The van der Waals surface area contributed by atoms with Crippen LogP contribution in [0.5, 0.6) is 0 Å². The van der Waals surface area contributed by atoms with Gasteiger partial charge in [0, 0.05) is 0 Å². The Morgan fingerprint density at radius 3 is 2.43 bits per heavy atom. The molecule has 0 saturated heterocycles. The molecule has 0 aliphatic carbocycles. The van der Waals surface area contributed by atoms with Gasteiger partial charge in [-0.2, -0.15) is 0 Å². The molecule has 2 nitrogen and oxygen atoms in total. The second-order valence-electron chi connectivity index (χ2n) is 3.57. The second kappa shape index (κ2) is 8.70. The van der Waals surface area contributed by atoms with Crippen molar-refractivity contribution in [3.63, 3.8) is 0 Å². The molecule has 0 N–H and O–H groups in total. The number of carbonyl (C=O) groups is 1. The number of hydrogen-bond donors (Lipinski definition) is 0. The van der Waals surface area contributed by atoms with Crippen LogP contribution in [0.1, 0.15) is 33.6 Å². The molecule has 0 unspecified atom stereocenters. The van der Waals surface area contributed by atoms with Gasteiger partial charge >= 0.3 is 0 Å². The Bertz CT molecular complexity index is 210. The Labute approximate surface area is 86.6 Å². The van der Waals surface area contributed by atoms with Crippen LogP contribution in [-0.4, -0.2) is 19.5 Å². The number of ether oxygens (including phenoxy) is 1. The molecule has 0 aromatic rings. The van der Waals surface area contributed by atoms with Crippen LogP contribution in [0.4, 0.5) is 0 Å². The van der Waals surface area contributed by atoms with Crippen LogP contribution in [0.25, 0.3) is 0 Å². The predicted molar refractivity (Wildman–Crippen MR) is 59.3 cm³/mol. The van der Waals surface area contributed by atoms with Crippen LogP contribution >= 0.6 is 0 Å². The molecule has 0 aliphatic rings. The summed E-state index contributed by atoms with van der Waals surface area (Å²) in [6.07, 6.45) is 7.17. The molecule has 0 heterocycles. The first-order valence-electron chi connectivity index (χ1n) is 4.97. The van der Waals surface area contributed by atoms with Crippen molar-refractivity contribution in [3.05, 3.63) is 23.3 Å². The third-order valence-corrected chi connectivity index (χ3v) is 1.83. The van der Waals surface area contributed by atoms with Crippen LogP contribution in [0.3, 0.4) is 0 Å². The Morgan fingerprint density at radius 1 is 1.14 bits per heavy atom. The van der Waals surface area contributed by atoms with E-state index in [0.29, 0.717) is 6.61 Å². The topological polar surface area (TPSA) is 26.3 Å². The van der Waals surface area contributed by atoms with Crippen LogP contribution in [0.2, 0.25) is 0 Å². The summed E-state index contributed by atoms with van der Waals surface area (Å²) < 4.78 is 5.02. The molecule has 0 radical (unpaired) electrons. The zero-order chi connectivity index (χ0) is 10.8. The van der Waals surface area contributed by atoms with Crippen LogP contribution in [-0.2, 0) is 9.53 Å². The molecule has 14 heavy (non-hydrogen) atoms. The lowest BCUT2D eigenvalue weighted by Gasteiger charge is -1.99. The molecular weight excluding hydrogens is 176 g/mol. The lowest BCUT2D eigenvalue weighted by molar-refractivity contribution is -0.111. The lowest BCUT2D eigenvalue weighted by Crippen LogP contribution is -1.95. The zero-order valence-corrected chi connectivity index (χ0v) is 9.38. The van der Waals surface area contributed by atoms with Gasteiger partial charge in [-0.05, 0) is 33.6 Å². The fraction of sp³-hybridized carbons (Fsp3) is 0.583. The molecule has 0 aromatic heterocycles. The van der Waals surface area contributed by atoms with Crippen molar-refractivity contribution < 1.29 is 9.53 Å². The van der Waals surface area contributed by atoms with E-state index in [2.05, 4.69) is 26.8 Å². The molecule has 0 aromatic carbocycles. The normalized spacial score (nSPS) is 11.2. The van der Waals surface area contributed by atoms with Crippen LogP contribution in [0, 0.1) is 0 Å². The highest BCUT2D eigenvalue weighted by molar-refractivity contribution is 5.50. The molecule has 0 aliphatic heterocycles. The van der Waals surface area contributed by atoms with Gasteiger partial charge in [-0.25, -0.2) is 0 Å². The summed E-state index contributed by atoms with van der Waals surface area (Å²) in [6, 6.07) is 0. The summed E-state index contributed by atoms with van der Waals surface area (Å²) >= 11 is 0. The molecule has 0 spiro atoms. The Balaban J connectivity index is 3.56. The SMILES string of the molecule is CC(C)=CCCC(C)=CCOCC=O. The number of rotatable bonds is 7. The molecule has 2 heteroatoms. The number of allylic oxidation sites excluding steroid dienone is 3. The Morgan fingerprint density at radius 2 is 1.86 bits per heavy atom. The van der Waals surface area contributed by atoms with E-state index in [1.807, 2.05) is 6.08 Å². The van der Waals surface area contributed by atoms with Gasteiger partial charge in [-0.3, -0.25) is 0 Å². The summed E-state index contributed by atoms with van der Waals surface area (Å²) in [7, 11) is 0. The highest BCUT2D eigenvalue weighted by Gasteiger charge is 1.89. The van der Waals surface area contributed by atoms with Crippen molar-refractivity contribution in [1.82, 2.24) is 0 Å². The number of aldehydes is 1. The van der Waals surface area contributed by atoms with Gasteiger partial charge in [0.1, 0.15) is 12.9 Å². The zero-order valence-electron chi connectivity index (χ0n) is 9.38. The van der Waals surface area contributed by atoms with Crippen LogP contribution in [0.15, 0.2) is 23.3 Å². The maximum Gasteiger partial charge on any atom is 0.145 e. The van der Waals surface area contributed by atoms with Gasteiger partial charge in [-0.15, -0.1) is 0 Å². The summed E-state index contributed by atoms with van der Waals surface area (Å²) in [6.45, 7) is 7.03. The monoisotopic (exact) mass is 196 g/mol. The summed E-state index contributed by atoms with van der Waals surface area (Å²) in [4.78, 5) is 9.94. The summed E-state index contributed by atoms with van der Waals surface area (Å²) in [5.74, 6) is 0. The average Bonchev–Trinajstić information content (AvgIpc) is 2.12. The van der Waals surface area contributed by atoms with E-state index in [4.69, 9.17) is 4.74 Å². The highest BCUT2D eigenvalue weighted by atomic mass is 16.5. The van der Waals surface area contributed by atoms with Gasteiger partial charge in [-0.1, -0.05) is 23.3 Å². The first kappa shape index (κ1) is 13.1.